The van der Waals surface area contributed by atoms with Gasteiger partial charge in [0.2, 0.25) is 0 Å². The van der Waals surface area contributed by atoms with Crippen molar-refractivity contribution in [2.75, 3.05) is 32.8 Å². The molecule has 0 aromatic rings. The van der Waals surface area contributed by atoms with Crippen molar-refractivity contribution < 1.29 is 34.4 Å². The average molecular weight is 418 g/mol. The lowest BCUT2D eigenvalue weighted by atomic mass is 10.1. The number of aliphatic hydroxyl groups is 3. The quantitative estimate of drug-likeness (QED) is 0.296. The smallest absolute Gasteiger partial charge is 0.327 e. The van der Waals surface area contributed by atoms with Crippen molar-refractivity contribution >= 4 is 5.97 Å². The zero-order valence-corrected chi connectivity index (χ0v) is 18.9. The van der Waals surface area contributed by atoms with Crippen molar-refractivity contribution in [1.82, 2.24) is 0 Å². The van der Waals surface area contributed by atoms with Crippen LogP contribution in [0.1, 0.15) is 79.1 Å². The first kappa shape index (κ1) is 27.7. The highest BCUT2D eigenvalue weighted by molar-refractivity contribution is 5.88. The van der Waals surface area contributed by atoms with E-state index in [9.17, 15) is 9.90 Å². The molecule has 0 spiro atoms. The molecule has 0 aromatic heterocycles. The van der Waals surface area contributed by atoms with Crippen molar-refractivity contribution in [3.05, 3.63) is 11.5 Å². The van der Waals surface area contributed by atoms with Crippen LogP contribution in [0.5, 0.6) is 0 Å². The fourth-order valence-electron chi connectivity index (χ4n) is 3.46. The summed E-state index contributed by atoms with van der Waals surface area (Å²) >= 11 is 0. The van der Waals surface area contributed by atoms with Crippen molar-refractivity contribution in [1.29, 1.82) is 0 Å². The first-order valence-electron chi connectivity index (χ1n) is 11.3. The second-order valence-corrected chi connectivity index (χ2v) is 7.94. The van der Waals surface area contributed by atoms with Crippen molar-refractivity contribution in [2.45, 2.75) is 91.3 Å². The van der Waals surface area contributed by atoms with Crippen LogP contribution in [-0.2, 0) is 9.53 Å². The van der Waals surface area contributed by atoms with Crippen LogP contribution in [0.3, 0.4) is 0 Å². The molecule has 1 rings (SSSR count). The largest absolute Gasteiger partial charge is 0.865 e. The van der Waals surface area contributed by atoms with Crippen LogP contribution in [0.4, 0.5) is 0 Å². The maximum absolute atomic E-state index is 10.6. The van der Waals surface area contributed by atoms with E-state index in [1.807, 2.05) is 0 Å². The van der Waals surface area contributed by atoms with Crippen LogP contribution in [0, 0.1) is 0 Å². The average Bonchev–Trinajstić information content (AvgIpc) is 3.00. The van der Waals surface area contributed by atoms with Crippen LogP contribution in [0.15, 0.2) is 11.5 Å². The van der Waals surface area contributed by atoms with Gasteiger partial charge in [-0.2, -0.15) is 0 Å². The Morgan fingerprint density at radius 1 is 0.931 bits per heavy atom. The maximum Gasteiger partial charge on any atom is 0.327 e. The molecule has 1 aliphatic rings. The second-order valence-electron chi connectivity index (χ2n) is 7.94. The SMILES string of the molecule is CCCC[N+](CCCC)(CCCC)CCCC.O=C1O[C@H]([C@@H](O)CO)C(O)=C1[O-]. The van der Waals surface area contributed by atoms with Gasteiger partial charge in [0, 0.05) is 5.76 Å². The van der Waals surface area contributed by atoms with Crippen LogP contribution in [-0.4, -0.2) is 70.8 Å². The van der Waals surface area contributed by atoms with Gasteiger partial charge in [-0.1, -0.05) is 53.4 Å². The first-order valence-corrected chi connectivity index (χ1v) is 11.3. The number of esters is 1. The summed E-state index contributed by atoms with van der Waals surface area (Å²) in [5, 5.41) is 36.8. The van der Waals surface area contributed by atoms with Crippen molar-refractivity contribution in [2.24, 2.45) is 0 Å². The van der Waals surface area contributed by atoms with E-state index in [4.69, 9.17) is 15.3 Å². The van der Waals surface area contributed by atoms with Gasteiger partial charge in [0.05, 0.1) is 32.8 Å². The predicted molar refractivity (Wildman–Crippen MR) is 112 cm³/mol. The summed E-state index contributed by atoms with van der Waals surface area (Å²) in [5.41, 5.74) is 0. The summed E-state index contributed by atoms with van der Waals surface area (Å²) in [7, 11) is 0. The summed E-state index contributed by atoms with van der Waals surface area (Å²) in [6.07, 6.45) is 8.18. The Bertz CT molecular complexity index is 442. The molecular formula is C22H43NO6. The van der Waals surface area contributed by atoms with E-state index in [1.165, 1.54) is 82.0 Å². The molecule has 0 saturated carbocycles. The van der Waals surface area contributed by atoms with E-state index >= 15 is 0 Å². The van der Waals surface area contributed by atoms with Gasteiger partial charge in [0.15, 0.2) is 6.10 Å². The zero-order chi connectivity index (χ0) is 22.3. The van der Waals surface area contributed by atoms with Crippen LogP contribution < -0.4 is 5.11 Å². The van der Waals surface area contributed by atoms with Crippen LogP contribution in [0.25, 0.3) is 0 Å². The number of unbranched alkanes of at least 4 members (excludes halogenated alkanes) is 4. The normalized spacial score (nSPS) is 17.7. The number of rotatable bonds is 14. The molecule has 7 heteroatoms. The number of quaternary nitrogens is 1. The number of carbonyl (C=O) groups excluding carboxylic acids is 1. The lowest BCUT2D eigenvalue weighted by Gasteiger charge is -2.39. The highest BCUT2D eigenvalue weighted by Gasteiger charge is 2.34. The number of hydrogen-bond acceptors (Lipinski definition) is 6. The summed E-state index contributed by atoms with van der Waals surface area (Å²) in [5.74, 6) is -3.25. The zero-order valence-electron chi connectivity index (χ0n) is 18.9. The number of carbonyl (C=O) groups is 1. The monoisotopic (exact) mass is 417 g/mol. The standard InChI is InChI=1S/C16H36N.C6H8O6/c1-5-9-13-17(14-10-6-2,15-11-7-3)16-12-8-4;7-1-2(8)5-3(9)4(10)6(11)12-5/h5-16H2,1-4H3;2,5,7-10H,1H2/q+1;/p-1/t;2-,5+/m.0/s1. The molecule has 7 nitrogen and oxygen atoms in total. The minimum absolute atomic E-state index is 0.699. The molecule has 29 heavy (non-hydrogen) atoms. The summed E-state index contributed by atoms with van der Waals surface area (Å²) in [6, 6.07) is 0. The molecular weight excluding hydrogens is 374 g/mol. The maximum atomic E-state index is 10.6. The van der Waals surface area contributed by atoms with Crippen LogP contribution in [0.2, 0.25) is 0 Å². The van der Waals surface area contributed by atoms with Gasteiger partial charge in [-0.05, 0) is 25.7 Å². The molecule has 172 valence electrons. The molecule has 0 aliphatic carbocycles. The van der Waals surface area contributed by atoms with Crippen molar-refractivity contribution in [3.8, 4) is 0 Å². The molecule has 0 bridgehead atoms. The molecule has 3 N–H and O–H groups in total. The Morgan fingerprint density at radius 3 is 1.55 bits per heavy atom. The Hall–Kier alpha value is -1.31. The minimum atomic E-state index is -1.46. The third-order valence-corrected chi connectivity index (χ3v) is 5.40. The van der Waals surface area contributed by atoms with Gasteiger partial charge in [-0.15, -0.1) is 0 Å². The second kappa shape index (κ2) is 15.5. The summed E-state index contributed by atoms with van der Waals surface area (Å²) < 4.78 is 5.67. The van der Waals surface area contributed by atoms with E-state index in [0.717, 1.165) is 0 Å². The number of aliphatic hydroxyl groups excluding tert-OH is 3. The number of ether oxygens (including phenoxy) is 1. The Balaban J connectivity index is 0.000000571. The van der Waals surface area contributed by atoms with Gasteiger partial charge in [0.25, 0.3) is 0 Å². The molecule has 2 atom stereocenters. The van der Waals surface area contributed by atoms with E-state index in [2.05, 4.69) is 32.4 Å². The summed E-state index contributed by atoms with van der Waals surface area (Å²) in [6.45, 7) is 14.3. The lowest BCUT2D eigenvalue weighted by molar-refractivity contribution is -0.929. The Kier molecular flexibility index (Phi) is 14.8. The van der Waals surface area contributed by atoms with E-state index < -0.39 is 36.3 Å². The van der Waals surface area contributed by atoms with E-state index in [0.29, 0.717) is 0 Å². The third kappa shape index (κ3) is 9.83. The molecule has 0 radical (unpaired) electrons. The van der Waals surface area contributed by atoms with Gasteiger partial charge in [-0.25, -0.2) is 4.79 Å². The van der Waals surface area contributed by atoms with Gasteiger partial charge in [-0.3, -0.25) is 0 Å². The molecule has 0 aromatic carbocycles. The third-order valence-electron chi connectivity index (χ3n) is 5.40. The fraction of sp³-hybridized carbons (Fsp3) is 0.864. The topological polar surface area (TPSA) is 110 Å². The minimum Gasteiger partial charge on any atom is -0.865 e. The fourth-order valence-corrected chi connectivity index (χ4v) is 3.46. The van der Waals surface area contributed by atoms with Gasteiger partial charge in [0.1, 0.15) is 11.9 Å². The van der Waals surface area contributed by atoms with E-state index in [1.54, 1.807) is 0 Å². The Morgan fingerprint density at radius 2 is 1.31 bits per heavy atom. The molecule has 0 amide bonds. The highest BCUT2D eigenvalue weighted by Crippen LogP contribution is 2.19. The summed E-state index contributed by atoms with van der Waals surface area (Å²) in [4.78, 5) is 10.5. The van der Waals surface area contributed by atoms with E-state index in [-0.39, 0.29) is 0 Å². The molecule has 0 saturated heterocycles. The number of cyclic esters (lactones) is 1. The predicted octanol–water partition coefficient (Wildman–Crippen LogP) is 2.40. The van der Waals surface area contributed by atoms with Gasteiger partial charge < -0.3 is 29.6 Å². The lowest BCUT2D eigenvalue weighted by Crippen LogP contribution is -2.50. The van der Waals surface area contributed by atoms with Crippen LogP contribution >= 0.6 is 0 Å². The van der Waals surface area contributed by atoms with Gasteiger partial charge >= 0.3 is 5.97 Å². The Labute approximate surface area is 176 Å². The molecule has 0 fully saturated rings. The highest BCUT2D eigenvalue weighted by atomic mass is 16.6. The molecule has 1 heterocycles. The first-order chi connectivity index (χ1) is 13.8. The molecule has 1 aliphatic heterocycles. The number of hydrogen-bond donors (Lipinski definition) is 3. The molecule has 0 unspecified atom stereocenters. The number of nitrogens with zero attached hydrogens (tertiary/aromatic N) is 1. The van der Waals surface area contributed by atoms with Crippen molar-refractivity contribution in [3.63, 3.8) is 0 Å².